The van der Waals surface area contributed by atoms with E-state index in [1.807, 2.05) is 0 Å². The van der Waals surface area contributed by atoms with Gasteiger partial charge in [-0.1, -0.05) is 29.0 Å². The molecule has 1 heterocycles. The maximum Gasteiger partial charge on any atom is 0.283 e. The minimum absolute atomic E-state index is 0.0729. The average molecular weight is 342 g/mol. The van der Waals surface area contributed by atoms with E-state index in [1.165, 1.54) is 17.6 Å². The number of nitrogens with one attached hydrogen (secondary N) is 2. The van der Waals surface area contributed by atoms with E-state index in [-0.39, 0.29) is 22.3 Å². The standard InChI is InChI=1S/C11H8ClN5O4S/c12-6-2-1-3-7(17(20)21)9(6)10(19)13-4-8(18)15-11-16-14-5-22-11/h1-3,5H,4H2,(H,13,19)(H,15,16,18). The zero-order valence-corrected chi connectivity index (χ0v) is 12.3. The van der Waals surface area contributed by atoms with Crippen molar-refractivity contribution in [3.63, 3.8) is 0 Å². The lowest BCUT2D eigenvalue weighted by Crippen LogP contribution is -2.33. The highest BCUT2D eigenvalue weighted by molar-refractivity contribution is 7.13. The van der Waals surface area contributed by atoms with Crippen molar-refractivity contribution < 1.29 is 14.5 Å². The number of carbonyl (C=O) groups excluding carboxylic acids is 2. The van der Waals surface area contributed by atoms with Crippen LogP contribution >= 0.6 is 22.9 Å². The topological polar surface area (TPSA) is 127 Å². The minimum Gasteiger partial charge on any atom is -0.343 e. The van der Waals surface area contributed by atoms with Crippen LogP contribution in [0, 0.1) is 10.1 Å². The molecule has 0 aliphatic heterocycles. The summed E-state index contributed by atoms with van der Waals surface area (Å²) in [6, 6.07) is 3.87. The number of benzene rings is 1. The molecule has 0 aliphatic rings. The summed E-state index contributed by atoms with van der Waals surface area (Å²) in [5.74, 6) is -1.36. The van der Waals surface area contributed by atoms with Crippen LogP contribution in [0.3, 0.4) is 0 Å². The first-order valence-electron chi connectivity index (χ1n) is 5.76. The van der Waals surface area contributed by atoms with Crippen molar-refractivity contribution in [2.75, 3.05) is 11.9 Å². The highest BCUT2D eigenvalue weighted by atomic mass is 35.5. The van der Waals surface area contributed by atoms with Gasteiger partial charge in [-0.05, 0) is 6.07 Å². The van der Waals surface area contributed by atoms with Gasteiger partial charge in [-0.25, -0.2) is 0 Å². The van der Waals surface area contributed by atoms with Gasteiger partial charge in [0.1, 0.15) is 11.1 Å². The number of rotatable bonds is 5. The summed E-state index contributed by atoms with van der Waals surface area (Å²) in [4.78, 5) is 33.8. The maximum atomic E-state index is 12.0. The average Bonchev–Trinajstić information content (AvgIpc) is 2.97. The van der Waals surface area contributed by atoms with Crippen LogP contribution in [0.2, 0.25) is 5.02 Å². The van der Waals surface area contributed by atoms with E-state index in [1.54, 1.807) is 0 Å². The molecule has 0 saturated carbocycles. The van der Waals surface area contributed by atoms with Gasteiger partial charge in [-0.3, -0.25) is 25.0 Å². The summed E-state index contributed by atoms with van der Waals surface area (Å²) in [5.41, 5.74) is 0.703. The molecule has 0 aliphatic carbocycles. The Bertz CT molecular complexity index is 721. The molecule has 9 nitrogen and oxygen atoms in total. The summed E-state index contributed by atoms with van der Waals surface area (Å²) in [7, 11) is 0. The molecule has 0 atom stereocenters. The molecular formula is C11H8ClN5O4S. The molecule has 0 saturated heterocycles. The van der Waals surface area contributed by atoms with Crippen LogP contribution in [0.5, 0.6) is 0 Å². The van der Waals surface area contributed by atoms with Gasteiger partial charge in [0.25, 0.3) is 11.6 Å². The van der Waals surface area contributed by atoms with Gasteiger partial charge < -0.3 is 5.32 Å². The van der Waals surface area contributed by atoms with Crippen LogP contribution in [0.25, 0.3) is 0 Å². The second-order valence-corrected chi connectivity index (χ2v) is 5.11. The molecule has 11 heteroatoms. The van der Waals surface area contributed by atoms with E-state index in [2.05, 4.69) is 20.8 Å². The van der Waals surface area contributed by atoms with E-state index in [0.717, 1.165) is 17.4 Å². The Morgan fingerprint density at radius 3 is 2.82 bits per heavy atom. The number of amides is 2. The molecule has 2 N–H and O–H groups in total. The summed E-state index contributed by atoms with van der Waals surface area (Å²) in [6.45, 7) is -0.388. The molecular weight excluding hydrogens is 334 g/mol. The highest BCUT2D eigenvalue weighted by Crippen LogP contribution is 2.25. The van der Waals surface area contributed by atoms with Crippen LogP contribution in [0.1, 0.15) is 10.4 Å². The molecule has 2 aromatic rings. The Labute approximate surface area is 132 Å². The fourth-order valence-electron chi connectivity index (χ4n) is 1.53. The molecule has 1 aromatic heterocycles. The summed E-state index contributed by atoms with van der Waals surface area (Å²) < 4.78 is 0. The number of aromatic nitrogens is 2. The van der Waals surface area contributed by atoms with E-state index in [9.17, 15) is 19.7 Å². The van der Waals surface area contributed by atoms with Crippen molar-refractivity contribution in [3.05, 3.63) is 44.4 Å². The molecule has 2 rings (SSSR count). The van der Waals surface area contributed by atoms with Crippen LogP contribution in [-0.2, 0) is 4.79 Å². The number of halogens is 1. The van der Waals surface area contributed by atoms with Crippen LogP contribution in [0.15, 0.2) is 23.7 Å². The van der Waals surface area contributed by atoms with Crippen molar-refractivity contribution in [2.24, 2.45) is 0 Å². The van der Waals surface area contributed by atoms with Gasteiger partial charge in [0, 0.05) is 6.07 Å². The van der Waals surface area contributed by atoms with E-state index in [4.69, 9.17) is 11.6 Å². The Morgan fingerprint density at radius 2 is 2.18 bits per heavy atom. The lowest BCUT2D eigenvalue weighted by molar-refractivity contribution is -0.385. The van der Waals surface area contributed by atoms with Gasteiger partial charge in [0.2, 0.25) is 11.0 Å². The second kappa shape index (κ2) is 6.91. The number of carbonyl (C=O) groups is 2. The number of nitro groups is 1. The molecule has 114 valence electrons. The second-order valence-electron chi connectivity index (χ2n) is 3.87. The largest absolute Gasteiger partial charge is 0.343 e. The number of hydrogen-bond acceptors (Lipinski definition) is 7. The first-order chi connectivity index (χ1) is 10.5. The normalized spacial score (nSPS) is 10.0. The molecule has 22 heavy (non-hydrogen) atoms. The van der Waals surface area contributed by atoms with Crippen molar-refractivity contribution in [3.8, 4) is 0 Å². The summed E-state index contributed by atoms with van der Waals surface area (Å²) in [5, 5.41) is 22.9. The Kier molecular flexibility index (Phi) is 4.96. The molecule has 2 amide bonds. The van der Waals surface area contributed by atoms with Crippen molar-refractivity contribution in [1.29, 1.82) is 0 Å². The Hall–Kier alpha value is -2.59. The highest BCUT2D eigenvalue weighted by Gasteiger charge is 2.23. The number of nitro benzene ring substituents is 1. The zero-order valence-electron chi connectivity index (χ0n) is 10.8. The summed E-state index contributed by atoms with van der Waals surface area (Å²) in [6.07, 6.45) is 0. The molecule has 0 unspecified atom stereocenters. The first kappa shape index (κ1) is 15.8. The first-order valence-corrected chi connectivity index (χ1v) is 7.02. The van der Waals surface area contributed by atoms with E-state index < -0.39 is 22.4 Å². The Morgan fingerprint density at radius 1 is 1.41 bits per heavy atom. The van der Waals surface area contributed by atoms with Crippen molar-refractivity contribution in [2.45, 2.75) is 0 Å². The smallest absolute Gasteiger partial charge is 0.283 e. The fourth-order valence-corrected chi connectivity index (χ4v) is 2.25. The van der Waals surface area contributed by atoms with E-state index in [0.29, 0.717) is 0 Å². The van der Waals surface area contributed by atoms with Crippen molar-refractivity contribution in [1.82, 2.24) is 15.5 Å². The zero-order chi connectivity index (χ0) is 16.1. The molecule has 0 fully saturated rings. The van der Waals surface area contributed by atoms with Crippen LogP contribution in [-0.4, -0.2) is 33.5 Å². The number of nitrogens with zero attached hydrogens (tertiary/aromatic N) is 3. The molecule has 0 spiro atoms. The SMILES string of the molecule is O=C(CNC(=O)c1c(Cl)cccc1[N+](=O)[O-])Nc1nncs1. The van der Waals surface area contributed by atoms with Crippen molar-refractivity contribution >= 4 is 45.6 Å². The lowest BCUT2D eigenvalue weighted by Gasteiger charge is -2.07. The van der Waals surface area contributed by atoms with E-state index >= 15 is 0 Å². The monoisotopic (exact) mass is 341 g/mol. The third-order valence-electron chi connectivity index (χ3n) is 2.43. The van der Waals surface area contributed by atoms with Crippen LogP contribution in [0.4, 0.5) is 10.8 Å². The third-order valence-corrected chi connectivity index (χ3v) is 3.35. The van der Waals surface area contributed by atoms with Crippen LogP contribution < -0.4 is 10.6 Å². The Balaban J connectivity index is 2.04. The predicted octanol–water partition coefficient (Wildman–Crippen LogP) is 1.47. The van der Waals surface area contributed by atoms with Gasteiger partial charge in [-0.2, -0.15) is 0 Å². The third kappa shape index (κ3) is 3.74. The summed E-state index contributed by atoms with van der Waals surface area (Å²) >= 11 is 6.93. The predicted molar refractivity (Wildman–Crippen MR) is 79.0 cm³/mol. The number of hydrogen-bond donors (Lipinski definition) is 2. The van der Waals surface area contributed by atoms with Gasteiger partial charge in [0.15, 0.2) is 0 Å². The van der Waals surface area contributed by atoms with Gasteiger partial charge in [-0.15, -0.1) is 10.2 Å². The number of anilines is 1. The molecule has 0 bridgehead atoms. The quantitative estimate of drug-likeness (QED) is 0.626. The van der Waals surface area contributed by atoms with Gasteiger partial charge >= 0.3 is 0 Å². The molecule has 1 aromatic carbocycles. The fraction of sp³-hybridized carbons (Fsp3) is 0.0909. The minimum atomic E-state index is -0.815. The van der Waals surface area contributed by atoms with Gasteiger partial charge in [0.05, 0.1) is 16.5 Å². The molecule has 0 radical (unpaired) electrons. The lowest BCUT2D eigenvalue weighted by atomic mass is 10.1. The maximum absolute atomic E-state index is 12.0.